The fourth-order valence-corrected chi connectivity index (χ4v) is 3.38. The average Bonchev–Trinajstić information content (AvgIpc) is 2.66. The standard InChI is InChI=1S/C20H18FN5O2/c21-14-5-4-12(19(22)28)11-13(14)15-6-7-17(26-25-15)24-20(8-2-9-20)18-16(27)3-1-10-23-18/h1,3-7,10-11,27H,2,8-9H2,(H2,22,28)(H,24,26). The number of carbonyl (C=O) groups is 1. The molecule has 0 saturated heterocycles. The lowest BCUT2D eigenvalue weighted by molar-refractivity contribution is 0.100. The number of aromatic nitrogens is 3. The number of aromatic hydroxyl groups is 1. The molecule has 0 aliphatic heterocycles. The zero-order valence-electron chi connectivity index (χ0n) is 14.9. The van der Waals surface area contributed by atoms with E-state index in [1.807, 2.05) is 0 Å². The number of pyridine rings is 1. The van der Waals surface area contributed by atoms with E-state index in [1.54, 1.807) is 30.5 Å². The Morgan fingerprint density at radius 2 is 2.00 bits per heavy atom. The molecule has 0 radical (unpaired) electrons. The molecule has 3 aromatic rings. The molecule has 4 rings (SSSR count). The van der Waals surface area contributed by atoms with Gasteiger partial charge in [-0.3, -0.25) is 9.78 Å². The smallest absolute Gasteiger partial charge is 0.248 e. The topological polar surface area (TPSA) is 114 Å². The van der Waals surface area contributed by atoms with Crippen molar-refractivity contribution in [3.8, 4) is 17.0 Å². The average molecular weight is 379 g/mol. The lowest BCUT2D eigenvalue weighted by Gasteiger charge is -2.42. The van der Waals surface area contributed by atoms with E-state index in [0.29, 0.717) is 11.5 Å². The monoisotopic (exact) mass is 379 g/mol. The Morgan fingerprint density at radius 3 is 2.61 bits per heavy atom. The highest BCUT2D eigenvalue weighted by molar-refractivity contribution is 5.94. The summed E-state index contributed by atoms with van der Waals surface area (Å²) in [5.74, 6) is -0.548. The molecule has 28 heavy (non-hydrogen) atoms. The second kappa shape index (κ2) is 6.88. The number of halogens is 1. The molecule has 1 amide bonds. The molecule has 0 unspecified atom stereocenters. The van der Waals surface area contributed by atoms with E-state index in [4.69, 9.17) is 5.73 Å². The van der Waals surface area contributed by atoms with Crippen LogP contribution in [0.2, 0.25) is 0 Å². The highest BCUT2D eigenvalue weighted by atomic mass is 19.1. The number of primary amides is 1. The maximum absolute atomic E-state index is 14.1. The van der Waals surface area contributed by atoms with Crippen molar-refractivity contribution in [2.75, 3.05) is 5.32 Å². The van der Waals surface area contributed by atoms with Crippen molar-refractivity contribution in [1.82, 2.24) is 15.2 Å². The summed E-state index contributed by atoms with van der Waals surface area (Å²) in [5, 5.41) is 21.7. The van der Waals surface area contributed by atoms with E-state index in [9.17, 15) is 14.3 Å². The number of amides is 1. The van der Waals surface area contributed by atoms with Gasteiger partial charge in [-0.2, -0.15) is 0 Å². The number of rotatable bonds is 5. The third-order valence-electron chi connectivity index (χ3n) is 5.01. The van der Waals surface area contributed by atoms with Gasteiger partial charge in [-0.05, 0) is 61.7 Å². The van der Waals surface area contributed by atoms with Gasteiger partial charge in [0.25, 0.3) is 0 Å². The van der Waals surface area contributed by atoms with Crippen LogP contribution in [-0.2, 0) is 5.54 Å². The molecule has 8 heteroatoms. The summed E-state index contributed by atoms with van der Waals surface area (Å²) in [6, 6.07) is 10.4. The van der Waals surface area contributed by atoms with Crippen LogP contribution in [0.3, 0.4) is 0 Å². The maximum Gasteiger partial charge on any atom is 0.248 e. The highest BCUT2D eigenvalue weighted by Crippen LogP contribution is 2.45. The van der Waals surface area contributed by atoms with E-state index in [-0.39, 0.29) is 22.6 Å². The van der Waals surface area contributed by atoms with Gasteiger partial charge in [-0.25, -0.2) is 4.39 Å². The summed E-state index contributed by atoms with van der Waals surface area (Å²) in [6.45, 7) is 0. The van der Waals surface area contributed by atoms with Gasteiger partial charge in [0, 0.05) is 17.3 Å². The van der Waals surface area contributed by atoms with Crippen molar-refractivity contribution in [3.05, 3.63) is 65.7 Å². The molecular weight excluding hydrogens is 361 g/mol. The minimum absolute atomic E-state index is 0.129. The molecule has 142 valence electrons. The Balaban J connectivity index is 1.62. The quantitative estimate of drug-likeness (QED) is 0.628. The van der Waals surface area contributed by atoms with Gasteiger partial charge in [-0.1, -0.05) is 0 Å². The predicted octanol–water partition coefficient (Wildman–Crippen LogP) is 2.97. The third-order valence-corrected chi connectivity index (χ3v) is 5.01. The SMILES string of the molecule is NC(=O)c1ccc(F)c(-c2ccc(NC3(c4ncccc4O)CCC3)nn2)c1. The van der Waals surface area contributed by atoms with Gasteiger partial charge in [-0.15, -0.1) is 10.2 Å². The summed E-state index contributed by atoms with van der Waals surface area (Å²) in [7, 11) is 0. The first kappa shape index (κ1) is 17.8. The molecule has 0 atom stereocenters. The molecule has 1 aliphatic rings. The number of nitrogens with one attached hydrogen (secondary N) is 1. The van der Waals surface area contributed by atoms with Crippen molar-refractivity contribution < 1.29 is 14.3 Å². The second-order valence-corrected chi connectivity index (χ2v) is 6.79. The van der Waals surface area contributed by atoms with Crippen LogP contribution in [0.4, 0.5) is 10.2 Å². The molecule has 2 heterocycles. The van der Waals surface area contributed by atoms with Crippen molar-refractivity contribution in [3.63, 3.8) is 0 Å². The van der Waals surface area contributed by atoms with Gasteiger partial charge < -0.3 is 16.2 Å². The highest BCUT2D eigenvalue weighted by Gasteiger charge is 2.42. The van der Waals surface area contributed by atoms with E-state index >= 15 is 0 Å². The zero-order valence-corrected chi connectivity index (χ0v) is 14.9. The van der Waals surface area contributed by atoms with Gasteiger partial charge in [0.1, 0.15) is 23.1 Å². The Hall–Kier alpha value is -3.55. The molecule has 1 aromatic carbocycles. The molecular formula is C20H18FN5O2. The van der Waals surface area contributed by atoms with Crippen molar-refractivity contribution in [2.24, 2.45) is 5.73 Å². The molecule has 4 N–H and O–H groups in total. The third kappa shape index (κ3) is 3.13. The first-order valence-electron chi connectivity index (χ1n) is 8.85. The van der Waals surface area contributed by atoms with Gasteiger partial charge >= 0.3 is 0 Å². The number of carbonyl (C=O) groups excluding carboxylic acids is 1. The van der Waals surface area contributed by atoms with Crippen LogP contribution in [0, 0.1) is 5.82 Å². The Kier molecular flexibility index (Phi) is 4.38. The van der Waals surface area contributed by atoms with Crippen LogP contribution in [0.1, 0.15) is 35.3 Å². The molecule has 1 saturated carbocycles. The molecule has 2 aromatic heterocycles. The van der Waals surface area contributed by atoms with Crippen LogP contribution < -0.4 is 11.1 Å². The Labute approximate surface area is 160 Å². The molecule has 7 nitrogen and oxygen atoms in total. The second-order valence-electron chi connectivity index (χ2n) is 6.79. The molecule has 0 bridgehead atoms. The van der Waals surface area contributed by atoms with Crippen molar-refractivity contribution >= 4 is 11.7 Å². The normalized spacial score (nSPS) is 14.9. The van der Waals surface area contributed by atoms with Gasteiger partial charge in [0.15, 0.2) is 0 Å². The summed E-state index contributed by atoms with van der Waals surface area (Å²) >= 11 is 0. The Morgan fingerprint density at radius 1 is 1.18 bits per heavy atom. The summed E-state index contributed by atoms with van der Waals surface area (Å²) in [4.78, 5) is 15.7. The fraction of sp³-hybridized carbons (Fsp3) is 0.200. The van der Waals surface area contributed by atoms with E-state index in [1.165, 1.54) is 18.2 Å². The lowest BCUT2D eigenvalue weighted by atomic mass is 9.73. The first-order chi connectivity index (χ1) is 13.5. The zero-order chi connectivity index (χ0) is 19.7. The first-order valence-corrected chi connectivity index (χ1v) is 8.85. The number of anilines is 1. The minimum atomic E-state index is -0.644. The van der Waals surface area contributed by atoms with Crippen LogP contribution in [0.15, 0.2) is 48.7 Å². The van der Waals surface area contributed by atoms with E-state index in [2.05, 4.69) is 20.5 Å². The number of hydrogen-bond donors (Lipinski definition) is 3. The van der Waals surface area contributed by atoms with Crippen molar-refractivity contribution in [1.29, 1.82) is 0 Å². The van der Waals surface area contributed by atoms with Gasteiger partial charge in [0.2, 0.25) is 5.91 Å². The lowest BCUT2D eigenvalue weighted by Crippen LogP contribution is -2.43. The summed E-state index contributed by atoms with van der Waals surface area (Å²) in [5.41, 5.74) is 5.96. The van der Waals surface area contributed by atoms with Crippen LogP contribution in [0.5, 0.6) is 5.75 Å². The number of nitrogens with two attached hydrogens (primary N) is 1. The number of nitrogens with zero attached hydrogens (tertiary/aromatic N) is 3. The number of hydrogen-bond acceptors (Lipinski definition) is 6. The molecule has 1 fully saturated rings. The summed E-state index contributed by atoms with van der Waals surface area (Å²) in [6.07, 6.45) is 4.24. The van der Waals surface area contributed by atoms with Crippen LogP contribution in [-0.4, -0.2) is 26.2 Å². The van der Waals surface area contributed by atoms with E-state index < -0.39 is 17.3 Å². The van der Waals surface area contributed by atoms with Crippen molar-refractivity contribution in [2.45, 2.75) is 24.8 Å². The van der Waals surface area contributed by atoms with Crippen LogP contribution >= 0.6 is 0 Å². The predicted molar refractivity (Wildman–Crippen MR) is 101 cm³/mol. The van der Waals surface area contributed by atoms with Crippen LogP contribution in [0.25, 0.3) is 11.3 Å². The molecule has 1 aliphatic carbocycles. The maximum atomic E-state index is 14.1. The fourth-order valence-electron chi connectivity index (χ4n) is 3.38. The number of benzene rings is 1. The largest absolute Gasteiger partial charge is 0.506 e. The van der Waals surface area contributed by atoms with E-state index in [0.717, 1.165) is 19.3 Å². The molecule has 0 spiro atoms. The Bertz CT molecular complexity index is 1040. The summed E-state index contributed by atoms with van der Waals surface area (Å²) < 4.78 is 14.1. The minimum Gasteiger partial charge on any atom is -0.506 e. The van der Waals surface area contributed by atoms with Gasteiger partial charge in [0.05, 0.1) is 11.2 Å².